The number of piperazine rings is 1. The molecule has 0 N–H and O–H groups in total. The molecule has 0 bridgehead atoms. The topological polar surface area (TPSA) is 9.72 Å². The maximum absolute atomic E-state index is 2.94. The maximum atomic E-state index is 2.94. The van der Waals surface area contributed by atoms with Crippen molar-refractivity contribution >= 4 is 0 Å². The molecular weight excluding hydrogens is 258 g/mol. The van der Waals surface area contributed by atoms with Crippen LogP contribution in [0.1, 0.15) is 52.4 Å². The van der Waals surface area contributed by atoms with Crippen molar-refractivity contribution in [3.05, 3.63) is 0 Å². The third-order valence-electron chi connectivity index (χ3n) is 6.51. The number of hydrogen-bond acceptors (Lipinski definition) is 3. The normalized spacial score (nSPS) is 39.9. The molecule has 1 aliphatic carbocycles. The Balaban J connectivity index is 1.45. The molecule has 1 saturated carbocycles. The largest absolute Gasteiger partial charge is 0.299 e. The van der Waals surface area contributed by atoms with Gasteiger partial charge < -0.3 is 0 Å². The molecule has 0 aromatic heterocycles. The van der Waals surface area contributed by atoms with Crippen LogP contribution in [-0.2, 0) is 0 Å². The highest BCUT2D eigenvalue weighted by molar-refractivity contribution is 4.99. The highest BCUT2D eigenvalue weighted by atomic mass is 15.4. The fraction of sp³-hybridized carbons (Fsp3) is 1.00. The Morgan fingerprint density at radius 2 is 1.52 bits per heavy atom. The first-order valence-corrected chi connectivity index (χ1v) is 9.46. The molecule has 0 aromatic rings. The van der Waals surface area contributed by atoms with Gasteiger partial charge >= 0.3 is 0 Å². The summed E-state index contributed by atoms with van der Waals surface area (Å²) in [5, 5.41) is 0. The van der Waals surface area contributed by atoms with Crippen molar-refractivity contribution < 1.29 is 0 Å². The summed E-state index contributed by atoms with van der Waals surface area (Å²) in [6.07, 6.45) is 8.70. The zero-order chi connectivity index (χ0) is 14.4. The summed E-state index contributed by atoms with van der Waals surface area (Å²) in [7, 11) is 0. The zero-order valence-electron chi connectivity index (χ0n) is 14.0. The van der Waals surface area contributed by atoms with Crippen LogP contribution in [0.4, 0.5) is 0 Å². The summed E-state index contributed by atoms with van der Waals surface area (Å²) in [4.78, 5) is 8.55. The van der Waals surface area contributed by atoms with Crippen LogP contribution < -0.4 is 0 Å². The van der Waals surface area contributed by atoms with Gasteiger partial charge in [-0.05, 0) is 44.6 Å². The lowest BCUT2D eigenvalue weighted by Crippen LogP contribution is -2.63. The lowest BCUT2D eigenvalue weighted by atomic mass is 9.90. The molecule has 21 heavy (non-hydrogen) atoms. The second kappa shape index (κ2) is 5.82. The van der Waals surface area contributed by atoms with Crippen molar-refractivity contribution in [3.8, 4) is 0 Å². The number of piperidine rings is 1. The Labute approximate surface area is 130 Å². The summed E-state index contributed by atoms with van der Waals surface area (Å²) in [5.41, 5.74) is 0. The average molecular weight is 291 g/mol. The number of likely N-dealkylation sites (tertiary alicyclic amines) is 1. The van der Waals surface area contributed by atoms with Gasteiger partial charge in [0.1, 0.15) is 0 Å². The highest BCUT2D eigenvalue weighted by Gasteiger charge is 2.43. The summed E-state index contributed by atoms with van der Waals surface area (Å²) in [6, 6.07) is 3.47. The molecule has 3 atom stereocenters. The van der Waals surface area contributed by atoms with Gasteiger partial charge in [0, 0.05) is 50.3 Å². The van der Waals surface area contributed by atoms with E-state index < -0.39 is 0 Å². The molecule has 3 heteroatoms. The monoisotopic (exact) mass is 291 g/mol. The summed E-state index contributed by atoms with van der Waals surface area (Å²) < 4.78 is 0. The number of fused-ring (bicyclic) bond motifs is 1. The Hall–Kier alpha value is -0.120. The van der Waals surface area contributed by atoms with Crippen LogP contribution in [0.2, 0.25) is 0 Å². The lowest BCUT2D eigenvalue weighted by Gasteiger charge is -2.51. The predicted molar refractivity (Wildman–Crippen MR) is 87.5 cm³/mol. The Bertz CT molecular complexity index is 365. The van der Waals surface area contributed by atoms with Gasteiger partial charge in [-0.15, -0.1) is 0 Å². The molecule has 3 heterocycles. The van der Waals surface area contributed by atoms with E-state index in [0.29, 0.717) is 0 Å². The SMILES string of the molecule is CC(C)C1CN2CCCCC2CN1C1CCN(C2CC2)C1. The van der Waals surface area contributed by atoms with E-state index >= 15 is 0 Å². The van der Waals surface area contributed by atoms with Crippen molar-refractivity contribution in [3.63, 3.8) is 0 Å². The van der Waals surface area contributed by atoms with Crippen molar-refractivity contribution in [2.75, 3.05) is 32.7 Å². The van der Waals surface area contributed by atoms with Crippen molar-refractivity contribution in [2.45, 2.75) is 76.5 Å². The molecule has 4 fully saturated rings. The van der Waals surface area contributed by atoms with Crippen molar-refractivity contribution in [1.29, 1.82) is 0 Å². The van der Waals surface area contributed by atoms with Crippen molar-refractivity contribution in [1.82, 2.24) is 14.7 Å². The second-order valence-electron chi connectivity index (χ2n) is 8.32. The molecule has 0 aromatic carbocycles. The van der Waals surface area contributed by atoms with E-state index in [-0.39, 0.29) is 0 Å². The molecule has 3 aliphatic heterocycles. The number of rotatable bonds is 3. The minimum Gasteiger partial charge on any atom is -0.299 e. The van der Waals surface area contributed by atoms with Gasteiger partial charge in [-0.3, -0.25) is 14.7 Å². The predicted octanol–water partition coefficient (Wildman–Crippen LogP) is 2.42. The molecule has 120 valence electrons. The van der Waals surface area contributed by atoms with E-state index in [1.165, 1.54) is 71.2 Å². The molecule has 0 radical (unpaired) electrons. The van der Waals surface area contributed by atoms with Gasteiger partial charge in [-0.1, -0.05) is 20.3 Å². The number of hydrogen-bond donors (Lipinski definition) is 0. The first-order chi connectivity index (χ1) is 10.2. The standard InChI is InChI=1S/C18H33N3/c1-14(2)18-13-19-9-4-3-5-16(19)12-21(18)17-8-10-20(11-17)15-6-7-15/h14-18H,3-13H2,1-2H3. The van der Waals surface area contributed by atoms with Gasteiger partial charge in [-0.25, -0.2) is 0 Å². The second-order valence-corrected chi connectivity index (χ2v) is 8.32. The Morgan fingerprint density at radius 1 is 0.714 bits per heavy atom. The van der Waals surface area contributed by atoms with Crippen LogP contribution >= 0.6 is 0 Å². The summed E-state index contributed by atoms with van der Waals surface area (Å²) >= 11 is 0. The fourth-order valence-electron chi connectivity index (χ4n) is 5.05. The molecule has 0 amide bonds. The van der Waals surface area contributed by atoms with E-state index in [0.717, 1.165) is 30.1 Å². The van der Waals surface area contributed by atoms with E-state index in [1.807, 2.05) is 0 Å². The van der Waals surface area contributed by atoms with E-state index in [9.17, 15) is 0 Å². The Morgan fingerprint density at radius 3 is 2.29 bits per heavy atom. The van der Waals surface area contributed by atoms with Crippen LogP contribution in [0.25, 0.3) is 0 Å². The third-order valence-corrected chi connectivity index (χ3v) is 6.51. The van der Waals surface area contributed by atoms with Gasteiger partial charge in [0.2, 0.25) is 0 Å². The quantitative estimate of drug-likeness (QED) is 0.791. The zero-order valence-corrected chi connectivity index (χ0v) is 14.0. The van der Waals surface area contributed by atoms with E-state index in [4.69, 9.17) is 0 Å². The highest BCUT2D eigenvalue weighted by Crippen LogP contribution is 2.34. The molecule has 4 rings (SSSR count). The van der Waals surface area contributed by atoms with Gasteiger partial charge in [0.25, 0.3) is 0 Å². The number of nitrogens with zero attached hydrogens (tertiary/aromatic N) is 3. The van der Waals surface area contributed by atoms with E-state index in [1.54, 1.807) is 0 Å². The van der Waals surface area contributed by atoms with Crippen LogP contribution in [-0.4, -0.2) is 71.6 Å². The summed E-state index contributed by atoms with van der Waals surface area (Å²) in [6.45, 7) is 11.7. The first-order valence-electron chi connectivity index (χ1n) is 9.46. The molecular formula is C18H33N3. The minimum absolute atomic E-state index is 0.794. The third kappa shape index (κ3) is 2.89. The molecule has 3 nitrogen and oxygen atoms in total. The van der Waals surface area contributed by atoms with E-state index in [2.05, 4.69) is 28.5 Å². The molecule has 0 spiro atoms. The lowest BCUT2D eigenvalue weighted by molar-refractivity contribution is -0.0280. The van der Waals surface area contributed by atoms with Gasteiger partial charge in [0.15, 0.2) is 0 Å². The smallest absolute Gasteiger partial charge is 0.0250 e. The maximum Gasteiger partial charge on any atom is 0.0250 e. The van der Waals surface area contributed by atoms with Crippen LogP contribution in [0, 0.1) is 5.92 Å². The van der Waals surface area contributed by atoms with Crippen LogP contribution in [0.15, 0.2) is 0 Å². The Kier molecular flexibility index (Phi) is 4.01. The minimum atomic E-state index is 0.794. The summed E-state index contributed by atoms with van der Waals surface area (Å²) in [5.74, 6) is 0.794. The molecule has 3 saturated heterocycles. The fourth-order valence-corrected chi connectivity index (χ4v) is 5.05. The average Bonchev–Trinajstić information content (AvgIpc) is 3.23. The van der Waals surface area contributed by atoms with Gasteiger partial charge in [0.05, 0.1) is 0 Å². The molecule has 4 aliphatic rings. The molecule has 3 unspecified atom stereocenters. The van der Waals surface area contributed by atoms with Crippen LogP contribution in [0.3, 0.4) is 0 Å². The van der Waals surface area contributed by atoms with Crippen LogP contribution in [0.5, 0.6) is 0 Å². The van der Waals surface area contributed by atoms with Crippen molar-refractivity contribution in [2.24, 2.45) is 5.92 Å². The van der Waals surface area contributed by atoms with Gasteiger partial charge in [-0.2, -0.15) is 0 Å². The first kappa shape index (κ1) is 14.5.